The molecule has 0 bridgehead atoms. The van der Waals surface area contributed by atoms with Gasteiger partial charge >= 0.3 is 6.09 Å². The first kappa shape index (κ1) is 31.7. The van der Waals surface area contributed by atoms with Gasteiger partial charge in [-0.2, -0.15) is 0 Å². The third kappa shape index (κ3) is 8.73. The number of anilines is 1. The van der Waals surface area contributed by atoms with E-state index in [1.807, 2.05) is 59.7 Å². The SMILES string of the molecule is CCC(C)C(NC(=O)OC(C)(C)C)C(=O)N(C(C)C)C(C(=O)Nc1ccc(OC)cc1)c1ccc(C)c(C)c1. The molecule has 0 aliphatic heterocycles. The molecule has 214 valence electrons. The number of hydrogen-bond acceptors (Lipinski definition) is 5. The van der Waals surface area contributed by atoms with Crippen molar-refractivity contribution < 1.29 is 23.9 Å². The van der Waals surface area contributed by atoms with Crippen LogP contribution in [-0.4, -0.2) is 47.6 Å². The van der Waals surface area contributed by atoms with Crippen molar-refractivity contribution in [1.82, 2.24) is 10.2 Å². The summed E-state index contributed by atoms with van der Waals surface area (Å²) in [5, 5.41) is 5.76. The molecule has 2 aromatic rings. The second-order valence-electron chi connectivity index (χ2n) is 11.3. The first-order chi connectivity index (χ1) is 18.2. The number of nitrogens with one attached hydrogen (secondary N) is 2. The number of carbonyl (C=O) groups is 3. The van der Waals surface area contributed by atoms with E-state index in [1.165, 1.54) is 0 Å². The van der Waals surface area contributed by atoms with E-state index in [0.29, 0.717) is 23.4 Å². The van der Waals surface area contributed by atoms with Crippen molar-refractivity contribution in [3.05, 3.63) is 59.2 Å². The fraction of sp³-hybridized carbons (Fsp3) is 0.516. The molecule has 0 saturated heterocycles. The molecule has 3 unspecified atom stereocenters. The Balaban J connectivity index is 2.56. The number of benzene rings is 2. The van der Waals surface area contributed by atoms with Gasteiger partial charge in [-0.25, -0.2) is 4.79 Å². The van der Waals surface area contributed by atoms with Crippen LogP contribution in [-0.2, 0) is 14.3 Å². The summed E-state index contributed by atoms with van der Waals surface area (Å²) in [6.07, 6.45) is -0.0277. The summed E-state index contributed by atoms with van der Waals surface area (Å²) in [7, 11) is 1.58. The van der Waals surface area contributed by atoms with Crippen LogP contribution < -0.4 is 15.4 Å². The Kier molecular flexibility index (Phi) is 11.0. The molecule has 0 spiro atoms. The molecule has 0 aliphatic rings. The van der Waals surface area contributed by atoms with Gasteiger partial charge in [0.15, 0.2) is 0 Å². The molecule has 39 heavy (non-hydrogen) atoms. The maximum absolute atomic E-state index is 14.3. The molecule has 2 N–H and O–H groups in total. The molecule has 8 nitrogen and oxygen atoms in total. The van der Waals surface area contributed by atoms with E-state index >= 15 is 0 Å². The van der Waals surface area contributed by atoms with Gasteiger partial charge in [-0.1, -0.05) is 38.5 Å². The Morgan fingerprint density at radius 1 is 0.949 bits per heavy atom. The van der Waals surface area contributed by atoms with Crippen LogP contribution in [0, 0.1) is 19.8 Å². The topological polar surface area (TPSA) is 97.0 Å². The highest BCUT2D eigenvalue weighted by molar-refractivity contribution is 5.99. The lowest BCUT2D eigenvalue weighted by molar-refractivity contribution is -0.144. The zero-order valence-electron chi connectivity index (χ0n) is 25.0. The van der Waals surface area contributed by atoms with Gasteiger partial charge in [0.1, 0.15) is 23.4 Å². The van der Waals surface area contributed by atoms with Crippen molar-refractivity contribution in [2.24, 2.45) is 5.92 Å². The van der Waals surface area contributed by atoms with Crippen LogP contribution in [0.4, 0.5) is 10.5 Å². The Bertz CT molecular complexity index is 1140. The predicted octanol–water partition coefficient (Wildman–Crippen LogP) is 6.17. The highest BCUT2D eigenvalue weighted by Crippen LogP contribution is 2.29. The van der Waals surface area contributed by atoms with Gasteiger partial charge in [0.05, 0.1) is 7.11 Å². The molecule has 0 fully saturated rings. The standard InChI is InChI=1S/C31H45N3O5/c1-11-20(4)26(33-30(37)39-31(7,8)9)29(36)34(19(2)3)27(23-13-12-21(5)22(6)18-23)28(35)32-24-14-16-25(38-10)17-15-24/h12-20,26-27H,11H2,1-10H3,(H,32,35)(H,33,37). The van der Waals surface area contributed by atoms with Crippen molar-refractivity contribution in [3.63, 3.8) is 0 Å². The second-order valence-corrected chi connectivity index (χ2v) is 11.3. The Morgan fingerprint density at radius 2 is 1.56 bits per heavy atom. The van der Waals surface area contributed by atoms with E-state index in [0.717, 1.165) is 11.1 Å². The fourth-order valence-electron chi connectivity index (χ4n) is 4.22. The zero-order valence-corrected chi connectivity index (χ0v) is 25.0. The van der Waals surface area contributed by atoms with E-state index in [-0.39, 0.29) is 23.8 Å². The van der Waals surface area contributed by atoms with Crippen LogP contribution in [0.3, 0.4) is 0 Å². The number of alkyl carbamates (subject to hydrolysis) is 1. The Hall–Kier alpha value is -3.55. The molecular formula is C31H45N3O5. The maximum Gasteiger partial charge on any atom is 0.408 e. The Morgan fingerprint density at radius 3 is 2.05 bits per heavy atom. The molecule has 2 aromatic carbocycles. The van der Waals surface area contributed by atoms with Gasteiger partial charge in [0, 0.05) is 11.7 Å². The largest absolute Gasteiger partial charge is 0.497 e. The summed E-state index contributed by atoms with van der Waals surface area (Å²) < 4.78 is 10.7. The molecular weight excluding hydrogens is 494 g/mol. The van der Waals surface area contributed by atoms with Crippen molar-refractivity contribution >= 4 is 23.6 Å². The lowest BCUT2D eigenvalue weighted by Gasteiger charge is -2.38. The van der Waals surface area contributed by atoms with Crippen molar-refractivity contribution in [3.8, 4) is 5.75 Å². The monoisotopic (exact) mass is 539 g/mol. The lowest BCUT2D eigenvalue weighted by Crippen LogP contribution is -2.56. The maximum atomic E-state index is 14.3. The smallest absolute Gasteiger partial charge is 0.408 e. The summed E-state index contributed by atoms with van der Waals surface area (Å²) in [6, 6.07) is 10.6. The van der Waals surface area contributed by atoms with Crippen LogP contribution in [0.25, 0.3) is 0 Å². The van der Waals surface area contributed by atoms with E-state index in [9.17, 15) is 14.4 Å². The van der Waals surface area contributed by atoms with Crippen molar-refractivity contribution in [1.29, 1.82) is 0 Å². The summed E-state index contributed by atoms with van der Waals surface area (Å²) in [4.78, 5) is 42.5. The Labute approximate surface area is 233 Å². The average molecular weight is 540 g/mol. The van der Waals surface area contributed by atoms with Crippen LogP contribution >= 0.6 is 0 Å². The molecule has 0 heterocycles. The van der Waals surface area contributed by atoms with E-state index in [2.05, 4.69) is 10.6 Å². The number of methoxy groups -OCH3 is 1. The normalized spacial score (nSPS) is 13.7. The number of nitrogens with zero attached hydrogens (tertiary/aromatic N) is 1. The molecule has 0 radical (unpaired) electrons. The van der Waals surface area contributed by atoms with E-state index in [1.54, 1.807) is 57.0 Å². The molecule has 2 rings (SSSR count). The molecule has 8 heteroatoms. The van der Waals surface area contributed by atoms with E-state index < -0.39 is 23.8 Å². The first-order valence-electron chi connectivity index (χ1n) is 13.5. The van der Waals surface area contributed by atoms with Gasteiger partial charge < -0.3 is 25.0 Å². The average Bonchev–Trinajstić information content (AvgIpc) is 2.85. The van der Waals surface area contributed by atoms with Crippen LogP contribution in [0.1, 0.15) is 77.6 Å². The summed E-state index contributed by atoms with van der Waals surface area (Å²) in [5.74, 6) is -0.234. The zero-order chi connectivity index (χ0) is 29.5. The highest BCUT2D eigenvalue weighted by atomic mass is 16.6. The van der Waals surface area contributed by atoms with Gasteiger partial charge in [0.25, 0.3) is 5.91 Å². The number of carbonyl (C=O) groups excluding carboxylic acids is 3. The molecule has 0 saturated carbocycles. The minimum absolute atomic E-state index is 0.198. The minimum Gasteiger partial charge on any atom is -0.497 e. The number of rotatable bonds is 10. The molecule has 0 aliphatic carbocycles. The van der Waals surface area contributed by atoms with Crippen LogP contribution in [0.2, 0.25) is 0 Å². The highest BCUT2D eigenvalue weighted by Gasteiger charge is 2.39. The summed E-state index contributed by atoms with van der Waals surface area (Å²) >= 11 is 0. The molecule has 3 amide bonds. The third-order valence-electron chi connectivity index (χ3n) is 6.69. The number of aryl methyl sites for hydroxylation is 2. The summed E-state index contributed by atoms with van der Waals surface area (Å²) in [6.45, 7) is 16.9. The first-order valence-corrected chi connectivity index (χ1v) is 13.5. The lowest BCUT2D eigenvalue weighted by atomic mass is 9.94. The van der Waals surface area contributed by atoms with Gasteiger partial charge in [-0.15, -0.1) is 0 Å². The quantitative estimate of drug-likeness (QED) is 0.376. The van der Waals surface area contributed by atoms with Crippen LogP contribution in [0.15, 0.2) is 42.5 Å². The predicted molar refractivity (Wildman–Crippen MR) is 155 cm³/mol. The van der Waals surface area contributed by atoms with Gasteiger partial charge in [-0.3, -0.25) is 9.59 Å². The number of ether oxygens (including phenoxy) is 2. The third-order valence-corrected chi connectivity index (χ3v) is 6.69. The van der Waals surface area contributed by atoms with Gasteiger partial charge in [-0.05, 0) is 95.3 Å². The number of hydrogen-bond donors (Lipinski definition) is 2. The van der Waals surface area contributed by atoms with Crippen molar-refractivity contribution in [2.75, 3.05) is 12.4 Å². The number of amides is 3. The molecule has 0 aromatic heterocycles. The molecule has 3 atom stereocenters. The fourth-order valence-corrected chi connectivity index (χ4v) is 4.22. The van der Waals surface area contributed by atoms with E-state index in [4.69, 9.17) is 9.47 Å². The minimum atomic E-state index is -0.939. The van der Waals surface area contributed by atoms with Gasteiger partial charge in [0.2, 0.25) is 5.91 Å². The second kappa shape index (κ2) is 13.5. The van der Waals surface area contributed by atoms with Crippen LogP contribution in [0.5, 0.6) is 5.75 Å². The summed E-state index contributed by atoms with van der Waals surface area (Å²) in [5.41, 5.74) is 2.64. The van der Waals surface area contributed by atoms with Crippen molar-refractivity contribution in [2.45, 2.75) is 92.5 Å².